The normalized spacial score (nSPS) is 10.9. The summed E-state index contributed by atoms with van der Waals surface area (Å²) in [6, 6.07) is 21.4. The van der Waals surface area contributed by atoms with E-state index >= 15 is 0 Å². The Bertz CT molecular complexity index is 1090. The number of hydrogen-bond acceptors (Lipinski definition) is 3. The second kappa shape index (κ2) is 7.80. The molecule has 0 aliphatic carbocycles. The number of rotatable bonds is 4. The van der Waals surface area contributed by atoms with Crippen molar-refractivity contribution in [2.45, 2.75) is 6.54 Å². The van der Waals surface area contributed by atoms with E-state index in [2.05, 4.69) is 32.3 Å². The molecule has 6 heteroatoms. The van der Waals surface area contributed by atoms with Crippen LogP contribution in [0.2, 0.25) is 5.02 Å². The highest BCUT2D eigenvalue weighted by Crippen LogP contribution is 2.30. The largest absolute Gasteiger partial charge is 0.348 e. The number of nitrogens with one attached hydrogen (secondary N) is 1. The SMILES string of the molecule is O=C(NCc1ccc(-c2nc3ccccc3s2)cc1)c1cc(Br)ccc1Cl. The zero-order valence-corrected chi connectivity index (χ0v) is 17.2. The predicted octanol–water partition coefficient (Wildman–Crippen LogP) is 6.31. The van der Waals surface area contributed by atoms with Crippen molar-refractivity contribution in [1.29, 1.82) is 0 Å². The third-order valence-corrected chi connectivity index (χ3v) is 6.03. The van der Waals surface area contributed by atoms with E-state index in [0.29, 0.717) is 17.1 Å². The number of fused-ring (bicyclic) bond motifs is 1. The summed E-state index contributed by atoms with van der Waals surface area (Å²) in [7, 11) is 0. The molecule has 4 aromatic rings. The molecule has 27 heavy (non-hydrogen) atoms. The molecule has 1 N–H and O–H groups in total. The van der Waals surface area contributed by atoms with Gasteiger partial charge in [-0.15, -0.1) is 11.3 Å². The van der Waals surface area contributed by atoms with E-state index < -0.39 is 0 Å². The van der Waals surface area contributed by atoms with Crippen LogP contribution < -0.4 is 5.32 Å². The van der Waals surface area contributed by atoms with Crippen LogP contribution in [-0.2, 0) is 6.54 Å². The maximum Gasteiger partial charge on any atom is 0.253 e. The van der Waals surface area contributed by atoms with Crippen LogP contribution in [0.1, 0.15) is 15.9 Å². The summed E-state index contributed by atoms with van der Waals surface area (Å²) >= 11 is 11.1. The maximum absolute atomic E-state index is 12.4. The first-order valence-corrected chi connectivity index (χ1v) is 10.3. The molecule has 0 atom stereocenters. The molecule has 3 nitrogen and oxygen atoms in total. The van der Waals surface area contributed by atoms with Gasteiger partial charge in [0, 0.05) is 16.6 Å². The summed E-state index contributed by atoms with van der Waals surface area (Å²) in [4.78, 5) is 17.0. The van der Waals surface area contributed by atoms with Gasteiger partial charge in [0.25, 0.3) is 5.91 Å². The van der Waals surface area contributed by atoms with Crippen LogP contribution in [0.5, 0.6) is 0 Å². The number of benzene rings is 3. The van der Waals surface area contributed by atoms with Gasteiger partial charge in [0.1, 0.15) is 5.01 Å². The summed E-state index contributed by atoms with van der Waals surface area (Å²) < 4.78 is 1.99. The second-order valence-corrected chi connectivity index (χ2v) is 8.34. The van der Waals surface area contributed by atoms with E-state index in [1.807, 2.05) is 42.5 Å². The lowest BCUT2D eigenvalue weighted by molar-refractivity contribution is 0.0951. The Morgan fingerprint density at radius 2 is 1.85 bits per heavy atom. The zero-order valence-electron chi connectivity index (χ0n) is 14.1. The van der Waals surface area contributed by atoms with Crippen LogP contribution in [0.3, 0.4) is 0 Å². The molecule has 0 saturated heterocycles. The Morgan fingerprint density at radius 1 is 1.07 bits per heavy atom. The molecule has 0 fully saturated rings. The molecule has 0 saturated carbocycles. The highest BCUT2D eigenvalue weighted by atomic mass is 79.9. The van der Waals surface area contributed by atoms with Gasteiger partial charge in [0.2, 0.25) is 0 Å². The molecular formula is C21H14BrClN2OS. The van der Waals surface area contributed by atoms with Crippen molar-refractivity contribution in [2.24, 2.45) is 0 Å². The Balaban J connectivity index is 1.46. The quantitative estimate of drug-likeness (QED) is 0.390. The monoisotopic (exact) mass is 456 g/mol. The number of thiazole rings is 1. The molecule has 1 aromatic heterocycles. The van der Waals surface area contributed by atoms with E-state index in [9.17, 15) is 4.79 Å². The number of carbonyl (C=O) groups is 1. The molecular weight excluding hydrogens is 444 g/mol. The number of aromatic nitrogens is 1. The van der Waals surface area contributed by atoms with Crippen LogP contribution in [0.4, 0.5) is 0 Å². The molecule has 134 valence electrons. The molecule has 0 aliphatic heterocycles. The van der Waals surface area contributed by atoms with Gasteiger partial charge in [0.15, 0.2) is 0 Å². The molecule has 0 bridgehead atoms. The van der Waals surface area contributed by atoms with Crippen molar-refractivity contribution in [3.05, 3.63) is 87.4 Å². The van der Waals surface area contributed by atoms with Crippen LogP contribution in [-0.4, -0.2) is 10.9 Å². The fraction of sp³-hybridized carbons (Fsp3) is 0.0476. The number of hydrogen-bond donors (Lipinski definition) is 1. The first kappa shape index (κ1) is 18.2. The van der Waals surface area contributed by atoms with Gasteiger partial charge in [-0.05, 0) is 35.9 Å². The molecule has 1 heterocycles. The molecule has 1 amide bonds. The summed E-state index contributed by atoms with van der Waals surface area (Å²) in [5.74, 6) is -0.198. The summed E-state index contributed by atoms with van der Waals surface area (Å²) in [5, 5.41) is 4.33. The Kier molecular flexibility index (Phi) is 5.25. The van der Waals surface area contributed by atoms with E-state index in [1.165, 1.54) is 4.70 Å². The van der Waals surface area contributed by atoms with E-state index in [0.717, 1.165) is 26.1 Å². The van der Waals surface area contributed by atoms with Crippen LogP contribution in [0.25, 0.3) is 20.8 Å². The average Bonchev–Trinajstić information content (AvgIpc) is 3.12. The average molecular weight is 458 g/mol. The van der Waals surface area contributed by atoms with Gasteiger partial charge in [-0.25, -0.2) is 4.98 Å². The molecule has 0 aliphatic rings. The van der Waals surface area contributed by atoms with Gasteiger partial charge in [-0.3, -0.25) is 4.79 Å². The van der Waals surface area contributed by atoms with E-state index in [4.69, 9.17) is 11.6 Å². The Labute approximate surface area is 174 Å². The number of para-hydroxylation sites is 1. The molecule has 3 aromatic carbocycles. The van der Waals surface area contributed by atoms with Gasteiger partial charge in [-0.2, -0.15) is 0 Å². The molecule has 0 radical (unpaired) electrons. The van der Waals surface area contributed by atoms with Crippen LogP contribution in [0.15, 0.2) is 71.2 Å². The van der Waals surface area contributed by atoms with Gasteiger partial charge < -0.3 is 5.32 Å². The minimum absolute atomic E-state index is 0.198. The van der Waals surface area contributed by atoms with Crippen molar-refractivity contribution in [3.8, 4) is 10.6 Å². The van der Waals surface area contributed by atoms with Gasteiger partial charge in [-0.1, -0.05) is 63.9 Å². The van der Waals surface area contributed by atoms with Crippen LogP contribution in [0, 0.1) is 0 Å². The van der Waals surface area contributed by atoms with Gasteiger partial charge >= 0.3 is 0 Å². The lowest BCUT2D eigenvalue weighted by Gasteiger charge is -2.08. The maximum atomic E-state index is 12.4. The fourth-order valence-electron chi connectivity index (χ4n) is 2.71. The lowest BCUT2D eigenvalue weighted by Crippen LogP contribution is -2.23. The van der Waals surface area contributed by atoms with Gasteiger partial charge in [0.05, 0.1) is 20.8 Å². The minimum atomic E-state index is -0.198. The Morgan fingerprint density at radius 3 is 2.63 bits per heavy atom. The topological polar surface area (TPSA) is 42.0 Å². The molecule has 0 spiro atoms. The third kappa shape index (κ3) is 4.05. The standard InChI is InChI=1S/C21H14BrClN2OS/c22-15-9-10-17(23)16(11-15)20(26)24-12-13-5-7-14(8-6-13)21-25-18-3-1-2-4-19(18)27-21/h1-11H,12H2,(H,24,26). The first-order valence-electron chi connectivity index (χ1n) is 8.28. The summed E-state index contributed by atoms with van der Waals surface area (Å²) in [5.41, 5.74) is 3.55. The summed E-state index contributed by atoms with van der Waals surface area (Å²) in [6.07, 6.45) is 0. The smallest absolute Gasteiger partial charge is 0.253 e. The van der Waals surface area contributed by atoms with Crippen molar-refractivity contribution < 1.29 is 4.79 Å². The zero-order chi connectivity index (χ0) is 18.8. The van der Waals surface area contributed by atoms with E-state index in [1.54, 1.807) is 29.5 Å². The number of carbonyl (C=O) groups excluding carboxylic acids is 1. The van der Waals surface area contributed by atoms with Crippen molar-refractivity contribution in [2.75, 3.05) is 0 Å². The predicted molar refractivity (Wildman–Crippen MR) is 115 cm³/mol. The lowest BCUT2D eigenvalue weighted by atomic mass is 10.1. The summed E-state index contributed by atoms with van der Waals surface area (Å²) in [6.45, 7) is 0.432. The first-order chi connectivity index (χ1) is 13.1. The molecule has 4 rings (SSSR count). The number of nitrogens with zero attached hydrogens (tertiary/aromatic N) is 1. The highest BCUT2D eigenvalue weighted by molar-refractivity contribution is 9.10. The minimum Gasteiger partial charge on any atom is -0.348 e. The third-order valence-electron chi connectivity index (χ3n) is 4.12. The fourth-order valence-corrected chi connectivity index (χ4v) is 4.25. The van der Waals surface area contributed by atoms with E-state index in [-0.39, 0.29) is 5.91 Å². The van der Waals surface area contributed by atoms with Crippen LogP contribution >= 0.6 is 38.9 Å². The highest BCUT2D eigenvalue weighted by Gasteiger charge is 2.11. The van der Waals surface area contributed by atoms with Crippen molar-refractivity contribution in [3.63, 3.8) is 0 Å². The number of amides is 1. The molecule has 0 unspecified atom stereocenters. The van der Waals surface area contributed by atoms with Crippen molar-refractivity contribution >= 4 is 55.0 Å². The Hall–Kier alpha value is -2.21. The number of halogens is 2. The second-order valence-electron chi connectivity index (χ2n) is 5.99. The van der Waals surface area contributed by atoms with Crippen molar-refractivity contribution in [1.82, 2.24) is 10.3 Å².